The van der Waals surface area contributed by atoms with Crippen LogP contribution in [0.4, 0.5) is 0 Å². The fraction of sp³-hybridized carbons (Fsp3) is 0. The van der Waals surface area contributed by atoms with E-state index >= 15 is 0 Å². The third kappa shape index (κ3) is 1.72. The summed E-state index contributed by atoms with van der Waals surface area (Å²) >= 11 is 3.36. The lowest BCUT2D eigenvalue weighted by Crippen LogP contribution is -1.79. The van der Waals surface area contributed by atoms with Crippen LogP contribution in [0.2, 0.25) is 0 Å². The number of halogens is 1. The van der Waals surface area contributed by atoms with Gasteiger partial charge in [-0.05, 0) is 12.1 Å². The highest BCUT2D eigenvalue weighted by Crippen LogP contribution is 2.21. The van der Waals surface area contributed by atoms with E-state index in [-0.39, 0.29) is 5.88 Å². The molecular formula is C9H7BrN2O. The van der Waals surface area contributed by atoms with Crippen molar-refractivity contribution in [1.29, 1.82) is 0 Å². The molecule has 3 nitrogen and oxygen atoms in total. The molecule has 1 heterocycles. The highest BCUT2D eigenvalue weighted by Gasteiger charge is 2.01. The van der Waals surface area contributed by atoms with Crippen molar-refractivity contribution in [2.45, 2.75) is 0 Å². The highest BCUT2D eigenvalue weighted by atomic mass is 79.9. The third-order valence-corrected chi connectivity index (χ3v) is 2.15. The number of H-pyrrole nitrogens is 1. The van der Waals surface area contributed by atoms with Gasteiger partial charge in [-0.2, -0.15) is 0 Å². The van der Waals surface area contributed by atoms with Gasteiger partial charge in [0.1, 0.15) is 5.82 Å². The maximum Gasteiger partial charge on any atom is 0.208 e. The standard InChI is InChI=1S/C9H7BrN2O/c10-7-3-1-2-6(4-7)9-11-5-8(13)12-9/h1-5,13H,(H,11,12). The van der Waals surface area contributed by atoms with Crippen molar-refractivity contribution in [3.05, 3.63) is 34.9 Å². The lowest BCUT2D eigenvalue weighted by Gasteiger charge is -1.96. The number of hydrogen-bond acceptors (Lipinski definition) is 2. The molecule has 0 radical (unpaired) electrons. The Bertz CT molecular complexity index is 425. The van der Waals surface area contributed by atoms with Crippen molar-refractivity contribution in [3.63, 3.8) is 0 Å². The normalized spacial score (nSPS) is 10.2. The fourth-order valence-electron chi connectivity index (χ4n) is 1.09. The molecule has 0 aliphatic rings. The van der Waals surface area contributed by atoms with Gasteiger partial charge in [-0.3, -0.25) is 0 Å². The van der Waals surface area contributed by atoms with E-state index in [1.54, 1.807) is 0 Å². The predicted molar refractivity (Wildman–Crippen MR) is 53.4 cm³/mol. The number of aromatic nitrogens is 2. The van der Waals surface area contributed by atoms with Crippen molar-refractivity contribution in [2.24, 2.45) is 0 Å². The van der Waals surface area contributed by atoms with Gasteiger partial charge in [0.05, 0.1) is 6.20 Å². The van der Waals surface area contributed by atoms with Gasteiger partial charge in [-0.1, -0.05) is 28.1 Å². The summed E-state index contributed by atoms with van der Waals surface area (Å²) < 4.78 is 0.987. The molecule has 0 atom stereocenters. The van der Waals surface area contributed by atoms with E-state index in [1.165, 1.54) is 6.20 Å². The zero-order valence-electron chi connectivity index (χ0n) is 6.66. The summed E-state index contributed by atoms with van der Waals surface area (Å²) in [5.74, 6) is 0.744. The monoisotopic (exact) mass is 238 g/mol. The number of imidazole rings is 1. The Morgan fingerprint density at radius 1 is 1.38 bits per heavy atom. The summed E-state index contributed by atoms with van der Waals surface area (Å²) in [6.07, 6.45) is 1.39. The predicted octanol–water partition coefficient (Wildman–Crippen LogP) is 2.54. The minimum atomic E-state index is 0.0787. The Morgan fingerprint density at radius 3 is 2.85 bits per heavy atom. The first-order chi connectivity index (χ1) is 6.25. The lowest BCUT2D eigenvalue weighted by molar-refractivity contribution is 0.457. The Morgan fingerprint density at radius 2 is 2.23 bits per heavy atom. The molecule has 2 N–H and O–H groups in total. The first kappa shape index (κ1) is 8.31. The summed E-state index contributed by atoms with van der Waals surface area (Å²) in [5, 5.41) is 9.05. The van der Waals surface area contributed by atoms with Gasteiger partial charge in [0.2, 0.25) is 5.88 Å². The molecule has 0 bridgehead atoms. The summed E-state index contributed by atoms with van der Waals surface area (Å²) in [4.78, 5) is 6.74. The van der Waals surface area contributed by atoms with Gasteiger partial charge in [-0.15, -0.1) is 0 Å². The number of aromatic amines is 1. The molecule has 0 amide bonds. The average molecular weight is 239 g/mol. The minimum absolute atomic E-state index is 0.0787. The fourth-order valence-corrected chi connectivity index (χ4v) is 1.49. The van der Waals surface area contributed by atoms with Crippen LogP contribution in [0, 0.1) is 0 Å². The Balaban J connectivity index is 2.46. The van der Waals surface area contributed by atoms with Crippen molar-refractivity contribution in [1.82, 2.24) is 9.97 Å². The molecule has 0 unspecified atom stereocenters. The van der Waals surface area contributed by atoms with Gasteiger partial charge in [-0.25, -0.2) is 4.98 Å². The van der Waals surface area contributed by atoms with Gasteiger partial charge < -0.3 is 10.1 Å². The molecule has 0 fully saturated rings. The average Bonchev–Trinajstić information content (AvgIpc) is 2.52. The lowest BCUT2D eigenvalue weighted by atomic mass is 10.2. The molecule has 0 saturated carbocycles. The first-order valence-electron chi connectivity index (χ1n) is 3.75. The number of aromatic hydroxyl groups is 1. The second-order valence-electron chi connectivity index (χ2n) is 2.63. The Hall–Kier alpha value is -1.29. The Kier molecular flexibility index (Phi) is 2.06. The van der Waals surface area contributed by atoms with Crippen molar-refractivity contribution in [2.75, 3.05) is 0 Å². The van der Waals surface area contributed by atoms with Gasteiger partial charge >= 0.3 is 0 Å². The third-order valence-electron chi connectivity index (χ3n) is 1.66. The Labute approximate surface area is 83.6 Å². The van der Waals surface area contributed by atoms with Gasteiger partial charge in [0, 0.05) is 10.0 Å². The van der Waals surface area contributed by atoms with Crippen LogP contribution in [-0.2, 0) is 0 Å². The van der Waals surface area contributed by atoms with E-state index in [4.69, 9.17) is 5.11 Å². The topological polar surface area (TPSA) is 48.9 Å². The smallest absolute Gasteiger partial charge is 0.208 e. The molecule has 2 rings (SSSR count). The molecule has 2 aromatic rings. The zero-order chi connectivity index (χ0) is 9.26. The van der Waals surface area contributed by atoms with Gasteiger partial charge in [0.15, 0.2) is 0 Å². The molecule has 0 aliphatic heterocycles. The van der Waals surface area contributed by atoms with E-state index in [9.17, 15) is 0 Å². The maximum absolute atomic E-state index is 9.05. The number of rotatable bonds is 1. The van der Waals surface area contributed by atoms with Crippen molar-refractivity contribution in [3.8, 4) is 17.3 Å². The highest BCUT2D eigenvalue weighted by molar-refractivity contribution is 9.10. The van der Waals surface area contributed by atoms with E-state index in [1.807, 2.05) is 24.3 Å². The number of benzene rings is 1. The molecule has 0 spiro atoms. The SMILES string of the molecule is Oc1cnc(-c2cccc(Br)c2)[nH]1. The van der Waals surface area contributed by atoms with Crippen LogP contribution in [0.1, 0.15) is 0 Å². The second kappa shape index (κ2) is 3.22. The zero-order valence-corrected chi connectivity index (χ0v) is 8.25. The van der Waals surface area contributed by atoms with Gasteiger partial charge in [0.25, 0.3) is 0 Å². The first-order valence-corrected chi connectivity index (χ1v) is 4.55. The second-order valence-corrected chi connectivity index (χ2v) is 3.54. The maximum atomic E-state index is 9.05. The van der Waals surface area contributed by atoms with Crippen LogP contribution in [0.15, 0.2) is 34.9 Å². The molecule has 4 heteroatoms. The molecular weight excluding hydrogens is 232 g/mol. The molecule has 0 aliphatic carbocycles. The molecule has 13 heavy (non-hydrogen) atoms. The van der Waals surface area contributed by atoms with Crippen LogP contribution < -0.4 is 0 Å². The van der Waals surface area contributed by atoms with Crippen LogP contribution in [0.25, 0.3) is 11.4 Å². The molecule has 1 aromatic heterocycles. The van der Waals surface area contributed by atoms with Crippen molar-refractivity contribution < 1.29 is 5.11 Å². The number of nitrogens with zero attached hydrogens (tertiary/aromatic N) is 1. The van der Waals surface area contributed by atoms with Crippen LogP contribution in [0.5, 0.6) is 5.88 Å². The van der Waals surface area contributed by atoms with Crippen LogP contribution in [-0.4, -0.2) is 15.1 Å². The van der Waals surface area contributed by atoms with E-state index in [0.29, 0.717) is 5.82 Å². The van der Waals surface area contributed by atoms with E-state index in [0.717, 1.165) is 10.0 Å². The summed E-state index contributed by atoms with van der Waals surface area (Å²) in [6, 6.07) is 7.70. The van der Waals surface area contributed by atoms with Crippen molar-refractivity contribution >= 4 is 15.9 Å². The summed E-state index contributed by atoms with van der Waals surface area (Å²) in [7, 11) is 0. The molecule has 1 aromatic carbocycles. The van der Waals surface area contributed by atoms with Crippen LogP contribution in [0.3, 0.4) is 0 Å². The number of nitrogens with one attached hydrogen (secondary N) is 1. The van der Waals surface area contributed by atoms with E-state index in [2.05, 4.69) is 25.9 Å². The number of hydrogen-bond donors (Lipinski definition) is 2. The summed E-state index contributed by atoms with van der Waals surface area (Å²) in [6.45, 7) is 0. The quantitative estimate of drug-likeness (QED) is 0.803. The van der Waals surface area contributed by atoms with Crippen LogP contribution >= 0.6 is 15.9 Å². The molecule has 0 saturated heterocycles. The van der Waals surface area contributed by atoms with E-state index < -0.39 is 0 Å². The largest absolute Gasteiger partial charge is 0.493 e. The minimum Gasteiger partial charge on any atom is -0.493 e. The summed E-state index contributed by atoms with van der Waals surface area (Å²) in [5.41, 5.74) is 0.940. The molecule has 66 valence electrons.